The summed E-state index contributed by atoms with van der Waals surface area (Å²) >= 11 is 5.57. The normalized spacial score (nSPS) is 11.6. The summed E-state index contributed by atoms with van der Waals surface area (Å²) in [6.45, 7) is 1.06. The van der Waals surface area contributed by atoms with Crippen LogP contribution >= 0.6 is 11.6 Å². The van der Waals surface area contributed by atoms with Crippen LogP contribution in [0, 0.1) is 0 Å². The Hall–Kier alpha value is -1.04. The van der Waals surface area contributed by atoms with Crippen LogP contribution in [0.2, 0.25) is 0 Å². The smallest absolute Gasteiger partial charge is 0.346 e. The zero-order valence-electron chi connectivity index (χ0n) is 9.34. The lowest BCUT2D eigenvalue weighted by Gasteiger charge is -2.24. The first-order valence-electron chi connectivity index (χ1n) is 5.15. The first-order valence-corrected chi connectivity index (χ1v) is 5.68. The molecule has 0 saturated carbocycles. The fraction of sp³-hybridized carbons (Fsp3) is 0.600. The highest BCUT2D eigenvalue weighted by Crippen LogP contribution is 2.20. The van der Waals surface area contributed by atoms with E-state index < -0.39 is 12.7 Å². The molecule has 1 aromatic rings. The second-order valence-corrected chi connectivity index (χ2v) is 3.81. The summed E-state index contributed by atoms with van der Waals surface area (Å²) in [6, 6.07) is 0. The van der Waals surface area contributed by atoms with Gasteiger partial charge < -0.3 is 4.90 Å². The third-order valence-electron chi connectivity index (χ3n) is 2.00. The molecule has 3 nitrogen and oxygen atoms in total. The third-order valence-corrected chi connectivity index (χ3v) is 2.27. The summed E-state index contributed by atoms with van der Waals surface area (Å²) in [5, 5.41) is 0. The Bertz CT molecular complexity index is 357. The Morgan fingerprint density at radius 3 is 2.59 bits per heavy atom. The van der Waals surface area contributed by atoms with Gasteiger partial charge >= 0.3 is 6.18 Å². The molecule has 0 saturated heterocycles. The number of halogens is 4. The Balaban J connectivity index is 2.88. The molecule has 0 unspecified atom stereocenters. The summed E-state index contributed by atoms with van der Waals surface area (Å²) in [4.78, 5) is 9.01. The van der Waals surface area contributed by atoms with Gasteiger partial charge in [0.25, 0.3) is 0 Å². The molecule has 96 valence electrons. The molecule has 0 spiro atoms. The maximum absolute atomic E-state index is 12.4. The van der Waals surface area contributed by atoms with E-state index in [-0.39, 0.29) is 18.2 Å². The summed E-state index contributed by atoms with van der Waals surface area (Å²) in [7, 11) is 0. The van der Waals surface area contributed by atoms with Crippen molar-refractivity contribution < 1.29 is 13.2 Å². The van der Waals surface area contributed by atoms with Crippen LogP contribution in [0.4, 0.5) is 19.0 Å². The van der Waals surface area contributed by atoms with Gasteiger partial charge in [-0.05, 0) is 6.42 Å². The van der Waals surface area contributed by atoms with Crippen LogP contribution in [0.5, 0.6) is 0 Å². The van der Waals surface area contributed by atoms with Crippen LogP contribution in [0.25, 0.3) is 0 Å². The first-order chi connectivity index (χ1) is 7.96. The first kappa shape index (κ1) is 14.0. The minimum Gasteiger partial charge on any atom is -0.346 e. The lowest BCUT2D eigenvalue weighted by molar-refractivity contribution is -0.119. The van der Waals surface area contributed by atoms with Gasteiger partial charge in [0, 0.05) is 12.7 Å². The van der Waals surface area contributed by atoms with Crippen molar-refractivity contribution in [2.45, 2.75) is 25.4 Å². The van der Waals surface area contributed by atoms with Crippen LogP contribution in [0.3, 0.4) is 0 Å². The molecule has 0 aliphatic rings. The van der Waals surface area contributed by atoms with E-state index in [9.17, 15) is 13.2 Å². The Morgan fingerprint density at radius 1 is 1.35 bits per heavy atom. The van der Waals surface area contributed by atoms with Gasteiger partial charge in [0.2, 0.25) is 0 Å². The van der Waals surface area contributed by atoms with Gasteiger partial charge in [0.1, 0.15) is 12.4 Å². The zero-order chi connectivity index (χ0) is 12.9. The van der Waals surface area contributed by atoms with Crippen molar-refractivity contribution >= 4 is 17.4 Å². The predicted octanol–water partition coefficient (Wildman–Crippen LogP) is 2.99. The molecule has 0 amide bonds. The molecule has 0 radical (unpaired) electrons. The number of rotatable bonds is 5. The summed E-state index contributed by atoms with van der Waals surface area (Å²) in [5.41, 5.74) is 0.465. The zero-order valence-corrected chi connectivity index (χ0v) is 10.1. The molecule has 0 N–H and O–H groups in total. The molecule has 17 heavy (non-hydrogen) atoms. The van der Waals surface area contributed by atoms with Gasteiger partial charge in [-0.3, -0.25) is 4.98 Å². The van der Waals surface area contributed by atoms with Gasteiger partial charge in [-0.15, -0.1) is 11.6 Å². The number of anilines is 1. The second-order valence-electron chi connectivity index (χ2n) is 3.54. The SMILES string of the molecule is CCCN(CC(F)(F)F)c1cncc(CCl)n1. The van der Waals surface area contributed by atoms with Crippen LogP contribution in [0.1, 0.15) is 19.0 Å². The lowest BCUT2D eigenvalue weighted by Crippen LogP contribution is -2.35. The minimum absolute atomic E-state index is 0.132. The third kappa shape index (κ3) is 4.77. The number of hydrogen-bond donors (Lipinski definition) is 0. The predicted molar refractivity (Wildman–Crippen MR) is 60.1 cm³/mol. The largest absolute Gasteiger partial charge is 0.405 e. The number of alkyl halides is 4. The highest BCUT2D eigenvalue weighted by molar-refractivity contribution is 6.16. The minimum atomic E-state index is -4.26. The Morgan fingerprint density at radius 2 is 2.06 bits per heavy atom. The quantitative estimate of drug-likeness (QED) is 0.768. The highest BCUT2D eigenvalue weighted by atomic mass is 35.5. The van der Waals surface area contributed by atoms with Crippen LogP contribution in [-0.2, 0) is 5.88 Å². The molecule has 1 rings (SSSR count). The molecule has 0 bridgehead atoms. The van der Waals surface area contributed by atoms with Crippen molar-refractivity contribution in [2.24, 2.45) is 0 Å². The Kier molecular flexibility index (Phi) is 4.99. The molecule has 0 aromatic carbocycles. The van der Waals surface area contributed by atoms with Crippen molar-refractivity contribution in [3.63, 3.8) is 0 Å². The van der Waals surface area contributed by atoms with E-state index in [0.717, 1.165) is 4.90 Å². The van der Waals surface area contributed by atoms with Crippen molar-refractivity contribution in [1.29, 1.82) is 0 Å². The van der Waals surface area contributed by atoms with E-state index in [1.54, 1.807) is 0 Å². The molecule has 7 heteroatoms. The molecule has 0 fully saturated rings. The van der Waals surface area contributed by atoms with E-state index in [0.29, 0.717) is 12.1 Å². The summed E-state index contributed by atoms with van der Waals surface area (Å²) < 4.78 is 37.1. The van der Waals surface area contributed by atoms with E-state index in [1.807, 2.05) is 6.92 Å². The van der Waals surface area contributed by atoms with Crippen molar-refractivity contribution in [1.82, 2.24) is 9.97 Å². The average Bonchev–Trinajstić information content (AvgIpc) is 2.27. The highest BCUT2D eigenvalue weighted by Gasteiger charge is 2.31. The van der Waals surface area contributed by atoms with Crippen LogP contribution < -0.4 is 4.90 Å². The lowest BCUT2D eigenvalue weighted by atomic mass is 10.4. The second kappa shape index (κ2) is 6.05. The fourth-order valence-corrected chi connectivity index (χ4v) is 1.50. The number of nitrogens with zero attached hydrogens (tertiary/aromatic N) is 3. The molecule has 0 aliphatic carbocycles. The molecule has 0 aliphatic heterocycles. The monoisotopic (exact) mass is 267 g/mol. The van der Waals surface area contributed by atoms with Crippen LogP contribution in [0.15, 0.2) is 12.4 Å². The average molecular weight is 268 g/mol. The van der Waals surface area contributed by atoms with Gasteiger partial charge in [0.05, 0.1) is 17.8 Å². The van der Waals surface area contributed by atoms with E-state index in [4.69, 9.17) is 11.6 Å². The van der Waals surface area contributed by atoms with Gasteiger partial charge in [-0.2, -0.15) is 13.2 Å². The van der Waals surface area contributed by atoms with E-state index in [2.05, 4.69) is 9.97 Å². The van der Waals surface area contributed by atoms with Crippen molar-refractivity contribution in [3.8, 4) is 0 Å². The van der Waals surface area contributed by atoms with Gasteiger partial charge in [-0.1, -0.05) is 6.92 Å². The number of hydrogen-bond acceptors (Lipinski definition) is 3. The standard InChI is InChI=1S/C10H13ClF3N3/c1-2-3-17(7-10(12,13)14)9-6-15-5-8(4-11)16-9/h5-6H,2-4,7H2,1H3. The van der Waals surface area contributed by atoms with Gasteiger partial charge in [0.15, 0.2) is 0 Å². The topological polar surface area (TPSA) is 29.0 Å². The molecule has 0 atom stereocenters. The van der Waals surface area contributed by atoms with Crippen LogP contribution in [-0.4, -0.2) is 29.2 Å². The van der Waals surface area contributed by atoms with Crippen molar-refractivity contribution in [3.05, 3.63) is 18.1 Å². The summed E-state index contributed by atoms with van der Waals surface area (Å²) in [6.07, 6.45) is -0.900. The van der Waals surface area contributed by atoms with E-state index >= 15 is 0 Å². The maximum atomic E-state index is 12.4. The summed E-state index contributed by atoms with van der Waals surface area (Å²) in [5.74, 6) is 0.342. The Labute approximate surface area is 103 Å². The fourth-order valence-electron chi connectivity index (χ4n) is 1.37. The molecular weight excluding hydrogens is 255 g/mol. The number of aromatic nitrogens is 2. The molecule has 1 aromatic heterocycles. The van der Waals surface area contributed by atoms with Crippen molar-refractivity contribution in [2.75, 3.05) is 18.0 Å². The van der Waals surface area contributed by atoms with Gasteiger partial charge in [-0.25, -0.2) is 4.98 Å². The van der Waals surface area contributed by atoms with E-state index in [1.165, 1.54) is 12.4 Å². The maximum Gasteiger partial charge on any atom is 0.405 e. The molecule has 1 heterocycles. The molecular formula is C10H13ClF3N3.